The van der Waals surface area contributed by atoms with Gasteiger partial charge in [0.05, 0.1) is 4.90 Å². The SMILES string of the molecule is CCCNS(=O)(=O)c1ccc(NC(=O)CC(C)C2CCNCC2)cc1. The summed E-state index contributed by atoms with van der Waals surface area (Å²) in [7, 11) is -3.47. The van der Waals surface area contributed by atoms with Gasteiger partial charge in [0.2, 0.25) is 15.9 Å². The van der Waals surface area contributed by atoms with E-state index in [4.69, 9.17) is 0 Å². The molecule has 1 atom stereocenters. The lowest BCUT2D eigenvalue weighted by molar-refractivity contribution is -0.117. The van der Waals surface area contributed by atoms with Crippen LogP contribution in [0.25, 0.3) is 0 Å². The first-order valence-corrected chi connectivity index (χ1v) is 10.5. The molecule has 0 bridgehead atoms. The average molecular weight is 368 g/mol. The summed E-state index contributed by atoms with van der Waals surface area (Å²) in [5.41, 5.74) is 0.622. The van der Waals surface area contributed by atoms with Gasteiger partial charge in [0.25, 0.3) is 0 Å². The zero-order chi connectivity index (χ0) is 18.3. The third-order valence-corrected chi connectivity index (χ3v) is 6.16. The molecule has 1 aromatic carbocycles. The topological polar surface area (TPSA) is 87.3 Å². The van der Waals surface area contributed by atoms with E-state index in [1.807, 2.05) is 6.92 Å². The average Bonchev–Trinajstić information content (AvgIpc) is 2.61. The fourth-order valence-electron chi connectivity index (χ4n) is 3.12. The molecule has 6 nitrogen and oxygen atoms in total. The van der Waals surface area contributed by atoms with Crippen molar-refractivity contribution in [2.24, 2.45) is 11.8 Å². The van der Waals surface area contributed by atoms with Crippen LogP contribution < -0.4 is 15.4 Å². The normalized spacial score (nSPS) is 17.2. The first-order chi connectivity index (χ1) is 11.9. The van der Waals surface area contributed by atoms with Crippen molar-refractivity contribution in [3.05, 3.63) is 24.3 Å². The first-order valence-electron chi connectivity index (χ1n) is 9.02. The Kier molecular flexibility index (Phi) is 7.40. The summed E-state index contributed by atoms with van der Waals surface area (Å²) >= 11 is 0. The van der Waals surface area contributed by atoms with Gasteiger partial charge in [-0.05, 0) is 68.5 Å². The number of carbonyl (C=O) groups is 1. The summed E-state index contributed by atoms with van der Waals surface area (Å²) in [5.74, 6) is 0.912. The highest BCUT2D eigenvalue weighted by Gasteiger charge is 2.22. The largest absolute Gasteiger partial charge is 0.326 e. The van der Waals surface area contributed by atoms with Crippen LogP contribution in [0.2, 0.25) is 0 Å². The summed E-state index contributed by atoms with van der Waals surface area (Å²) in [4.78, 5) is 12.4. The second kappa shape index (κ2) is 9.31. The number of carbonyl (C=O) groups excluding carboxylic acids is 1. The summed E-state index contributed by atoms with van der Waals surface area (Å²) in [6, 6.07) is 6.30. The summed E-state index contributed by atoms with van der Waals surface area (Å²) in [6.07, 6.45) is 3.46. The van der Waals surface area contributed by atoms with Crippen LogP contribution in [0.4, 0.5) is 5.69 Å². The molecular formula is C18H29N3O3S. The molecule has 1 aromatic rings. The van der Waals surface area contributed by atoms with E-state index in [2.05, 4.69) is 22.3 Å². The molecule has 1 heterocycles. The molecule has 7 heteroatoms. The van der Waals surface area contributed by atoms with Gasteiger partial charge in [0.1, 0.15) is 0 Å². The van der Waals surface area contributed by atoms with E-state index in [9.17, 15) is 13.2 Å². The number of rotatable bonds is 8. The van der Waals surface area contributed by atoms with Gasteiger partial charge in [-0.2, -0.15) is 0 Å². The summed E-state index contributed by atoms with van der Waals surface area (Å²) in [5, 5.41) is 6.20. The Morgan fingerprint density at radius 2 is 1.88 bits per heavy atom. The Hall–Kier alpha value is -1.44. The number of piperidine rings is 1. The minimum Gasteiger partial charge on any atom is -0.326 e. The van der Waals surface area contributed by atoms with Crippen LogP contribution in [0.5, 0.6) is 0 Å². The van der Waals surface area contributed by atoms with Crippen molar-refractivity contribution in [3.8, 4) is 0 Å². The van der Waals surface area contributed by atoms with Crippen LogP contribution in [0, 0.1) is 11.8 Å². The predicted octanol–water partition coefficient (Wildman–Crippen LogP) is 2.34. The molecule has 0 radical (unpaired) electrons. The molecule has 1 aliphatic heterocycles. The van der Waals surface area contributed by atoms with Crippen molar-refractivity contribution in [3.63, 3.8) is 0 Å². The Morgan fingerprint density at radius 1 is 1.24 bits per heavy atom. The van der Waals surface area contributed by atoms with Crippen molar-refractivity contribution in [1.82, 2.24) is 10.0 Å². The van der Waals surface area contributed by atoms with Gasteiger partial charge in [-0.15, -0.1) is 0 Å². The summed E-state index contributed by atoms with van der Waals surface area (Å²) < 4.78 is 26.6. The highest BCUT2D eigenvalue weighted by molar-refractivity contribution is 7.89. The number of amides is 1. The van der Waals surface area contributed by atoms with Crippen LogP contribution in [0.3, 0.4) is 0 Å². The summed E-state index contributed by atoms with van der Waals surface area (Å²) in [6.45, 7) is 6.50. The van der Waals surface area contributed by atoms with Crippen molar-refractivity contribution in [1.29, 1.82) is 0 Å². The third kappa shape index (κ3) is 6.09. The highest BCUT2D eigenvalue weighted by atomic mass is 32.2. The molecule has 2 rings (SSSR count). The van der Waals surface area contributed by atoms with E-state index in [1.54, 1.807) is 12.1 Å². The monoisotopic (exact) mass is 367 g/mol. The van der Waals surface area contributed by atoms with Crippen LogP contribution in [0.1, 0.15) is 39.5 Å². The Bertz CT molecular complexity index is 653. The van der Waals surface area contributed by atoms with E-state index in [1.165, 1.54) is 12.1 Å². The molecule has 1 saturated heterocycles. The van der Waals surface area contributed by atoms with E-state index >= 15 is 0 Å². The minimum absolute atomic E-state index is 0.0225. The molecule has 1 fully saturated rings. The molecular weight excluding hydrogens is 338 g/mol. The van der Waals surface area contributed by atoms with Crippen molar-refractivity contribution in [2.45, 2.75) is 44.4 Å². The second-order valence-corrected chi connectivity index (χ2v) is 8.51. The zero-order valence-corrected chi connectivity index (χ0v) is 15.9. The molecule has 140 valence electrons. The molecule has 3 N–H and O–H groups in total. The predicted molar refractivity (Wildman–Crippen MR) is 99.9 cm³/mol. The third-order valence-electron chi connectivity index (χ3n) is 4.69. The van der Waals surface area contributed by atoms with Crippen molar-refractivity contribution in [2.75, 3.05) is 25.0 Å². The smallest absolute Gasteiger partial charge is 0.240 e. The number of hydrogen-bond acceptors (Lipinski definition) is 4. The van der Waals surface area contributed by atoms with E-state index in [-0.39, 0.29) is 10.8 Å². The number of benzene rings is 1. The highest BCUT2D eigenvalue weighted by Crippen LogP contribution is 2.24. The molecule has 0 aromatic heterocycles. The molecule has 1 unspecified atom stereocenters. The Morgan fingerprint density at radius 3 is 2.48 bits per heavy atom. The zero-order valence-electron chi connectivity index (χ0n) is 15.0. The first kappa shape index (κ1) is 19.9. The molecule has 1 amide bonds. The molecule has 0 aliphatic carbocycles. The molecule has 25 heavy (non-hydrogen) atoms. The van der Waals surface area contributed by atoms with Gasteiger partial charge in [-0.3, -0.25) is 4.79 Å². The lowest BCUT2D eigenvalue weighted by Gasteiger charge is -2.27. The van der Waals surface area contributed by atoms with Crippen molar-refractivity contribution >= 4 is 21.6 Å². The van der Waals surface area contributed by atoms with E-state index < -0.39 is 10.0 Å². The lowest BCUT2D eigenvalue weighted by atomic mass is 9.84. The molecule has 1 aliphatic rings. The van der Waals surface area contributed by atoms with Gasteiger partial charge in [-0.1, -0.05) is 13.8 Å². The standard InChI is InChI=1S/C18H29N3O3S/c1-3-10-20-25(23,24)17-6-4-16(5-7-17)21-18(22)13-14(2)15-8-11-19-12-9-15/h4-7,14-15,19-20H,3,8-13H2,1-2H3,(H,21,22). The van der Waals surface area contributed by atoms with Gasteiger partial charge < -0.3 is 10.6 Å². The van der Waals surface area contributed by atoms with Gasteiger partial charge in [-0.25, -0.2) is 13.1 Å². The Labute approximate surface area is 150 Å². The molecule has 0 saturated carbocycles. The fraction of sp³-hybridized carbons (Fsp3) is 0.611. The van der Waals surface area contributed by atoms with Crippen LogP contribution >= 0.6 is 0 Å². The van der Waals surface area contributed by atoms with Gasteiger partial charge >= 0.3 is 0 Å². The number of hydrogen-bond donors (Lipinski definition) is 3. The maximum atomic E-state index is 12.2. The maximum Gasteiger partial charge on any atom is 0.240 e. The molecule has 0 spiro atoms. The van der Waals surface area contributed by atoms with Crippen LogP contribution in [-0.4, -0.2) is 34.0 Å². The second-order valence-electron chi connectivity index (χ2n) is 6.74. The quantitative estimate of drug-likeness (QED) is 0.658. The van der Waals surface area contributed by atoms with Gasteiger partial charge in [0.15, 0.2) is 0 Å². The van der Waals surface area contributed by atoms with Crippen LogP contribution in [-0.2, 0) is 14.8 Å². The fourth-order valence-corrected chi connectivity index (χ4v) is 4.26. The van der Waals surface area contributed by atoms with Crippen LogP contribution in [0.15, 0.2) is 29.2 Å². The minimum atomic E-state index is -3.47. The van der Waals surface area contributed by atoms with E-state index in [0.29, 0.717) is 30.5 Å². The number of nitrogens with one attached hydrogen (secondary N) is 3. The van der Waals surface area contributed by atoms with Crippen molar-refractivity contribution < 1.29 is 13.2 Å². The lowest BCUT2D eigenvalue weighted by Crippen LogP contribution is -2.32. The van der Waals surface area contributed by atoms with Gasteiger partial charge in [0, 0.05) is 18.7 Å². The maximum absolute atomic E-state index is 12.2. The Balaban J connectivity index is 1.88. The van der Waals surface area contributed by atoms with E-state index in [0.717, 1.165) is 32.4 Å². The number of anilines is 1. The number of sulfonamides is 1.